The van der Waals surface area contributed by atoms with Crippen LogP contribution in [-0.4, -0.2) is 38.1 Å². The summed E-state index contributed by atoms with van der Waals surface area (Å²) in [6.45, 7) is 5.65. The van der Waals surface area contributed by atoms with Crippen molar-refractivity contribution in [3.05, 3.63) is 0 Å². The van der Waals surface area contributed by atoms with Crippen molar-refractivity contribution in [2.24, 2.45) is 11.7 Å². The fourth-order valence-electron chi connectivity index (χ4n) is 3.64. The molecule has 2 unspecified atom stereocenters. The number of ether oxygens (including phenoxy) is 3. The van der Waals surface area contributed by atoms with E-state index in [-0.39, 0.29) is 12.5 Å². The number of methoxy groups -OCH3 is 1. The van der Waals surface area contributed by atoms with E-state index in [2.05, 4.69) is 6.92 Å². The highest BCUT2D eigenvalue weighted by Gasteiger charge is 2.30. The van der Waals surface area contributed by atoms with Crippen LogP contribution in [0, 0.1) is 5.92 Å². The Balaban J connectivity index is 3.43. The Bertz CT molecular complexity index is 397. The van der Waals surface area contributed by atoms with E-state index in [1.807, 2.05) is 6.92 Å². The summed E-state index contributed by atoms with van der Waals surface area (Å²) < 4.78 is 15.8. The number of rotatable bonds is 22. The summed E-state index contributed by atoms with van der Waals surface area (Å²) in [5.41, 5.74) is 4.99. The normalized spacial score (nSPS) is 14.4. The van der Waals surface area contributed by atoms with Crippen LogP contribution >= 0.6 is 11.6 Å². The van der Waals surface area contributed by atoms with Crippen LogP contribution in [0.4, 0.5) is 4.79 Å². The number of primary amides is 1. The van der Waals surface area contributed by atoms with Crippen LogP contribution < -0.4 is 5.73 Å². The smallest absolute Gasteiger partial charge is 0.404 e. The molecule has 0 radical (unpaired) electrons. The summed E-state index contributed by atoms with van der Waals surface area (Å²) in [6, 6.07) is 0. The Morgan fingerprint density at radius 2 is 1.37 bits per heavy atom. The molecule has 0 aliphatic carbocycles. The molecular weight excluding hydrogens is 402 g/mol. The summed E-state index contributed by atoms with van der Waals surface area (Å²) in [5.74, 6) is 0.200. The molecule has 1 amide bonds. The van der Waals surface area contributed by atoms with Gasteiger partial charge in [-0.05, 0) is 18.8 Å². The SMILES string of the molecule is CCCCCCCCCCCCCCCCOCC(C)CC(Cl)(COC(N)=O)OC. The molecule has 2 atom stereocenters. The number of hydrogen-bond acceptors (Lipinski definition) is 4. The monoisotopic (exact) mass is 449 g/mol. The maximum Gasteiger partial charge on any atom is 0.404 e. The predicted molar refractivity (Wildman–Crippen MR) is 126 cm³/mol. The largest absolute Gasteiger partial charge is 0.445 e. The number of hydrogen-bond donors (Lipinski definition) is 1. The first kappa shape index (κ1) is 29.5. The minimum absolute atomic E-state index is 0.0658. The summed E-state index contributed by atoms with van der Waals surface area (Å²) in [4.78, 5) is 10.7. The molecular formula is C24H48ClNO4. The lowest BCUT2D eigenvalue weighted by atomic mass is 10.0. The third kappa shape index (κ3) is 19.4. The lowest BCUT2D eigenvalue weighted by Gasteiger charge is -2.27. The summed E-state index contributed by atoms with van der Waals surface area (Å²) in [6.07, 6.45) is 18.7. The van der Waals surface area contributed by atoms with Crippen LogP contribution in [0.3, 0.4) is 0 Å². The Labute approximate surface area is 190 Å². The topological polar surface area (TPSA) is 70.8 Å². The maximum atomic E-state index is 10.7. The van der Waals surface area contributed by atoms with Crippen molar-refractivity contribution >= 4 is 17.7 Å². The van der Waals surface area contributed by atoms with Crippen molar-refractivity contribution in [3.63, 3.8) is 0 Å². The van der Waals surface area contributed by atoms with Gasteiger partial charge in [0.1, 0.15) is 6.61 Å². The van der Waals surface area contributed by atoms with Crippen molar-refractivity contribution in [2.75, 3.05) is 26.9 Å². The Kier molecular flexibility index (Phi) is 20.0. The molecule has 0 aromatic carbocycles. The first-order valence-electron chi connectivity index (χ1n) is 12.2. The van der Waals surface area contributed by atoms with Gasteiger partial charge in [0.15, 0.2) is 5.06 Å². The number of carbonyl (C=O) groups is 1. The molecule has 180 valence electrons. The molecule has 0 saturated carbocycles. The highest BCUT2D eigenvalue weighted by Crippen LogP contribution is 2.26. The highest BCUT2D eigenvalue weighted by molar-refractivity contribution is 6.23. The van der Waals surface area contributed by atoms with E-state index in [0.717, 1.165) is 13.0 Å². The van der Waals surface area contributed by atoms with Gasteiger partial charge < -0.3 is 19.9 Å². The van der Waals surface area contributed by atoms with Gasteiger partial charge in [-0.1, -0.05) is 109 Å². The van der Waals surface area contributed by atoms with Gasteiger partial charge >= 0.3 is 6.09 Å². The fraction of sp³-hybridized carbons (Fsp3) is 0.958. The molecule has 0 bridgehead atoms. The van der Waals surface area contributed by atoms with Crippen molar-refractivity contribution in [3.8, 4) is 0 Å². The van der Waals surface area contributed by atoms with Crippen LogP contribution in [0.15, 0.2) is 0 Å². The van der Waals surface area contributed by atoms with E-state index in [1.165, 1.54) is 90.6 Å². The zero-order valence-electron chi connectivity index (χ0n) is 19.9. The molecule has 0 aliphatic rings. The van der Waals surface area contributed by atoms with Crippen LogP contribution in [0.1, 0.15) is 110 Å². The average Bonchev–Trinajstić information content (AvgIpc) is 2.72. The quantitative estimate of drug-likeness (QED) is 0.140. The van der Waals surface area contributed by atoms with E-state index in [0.29, 0.717) is 13.0 Å². The second-order valence-corrected chi connectivity index (χ2v) is 9.36. The maximum absolute atomic E-state index is 10.7. The molecule has 0 spiro atoms. The van der Waals surface area contributed by atoms with Crippen LogP contribution in [0.5, 0.6) is 0 Å². The van der Waals surface area contributed by atoms with Crippen molar-refractivity contribution in [1.82, 2.24) is 0 Å². The number of nitrogens with two attached hydrogens (primary N) is 1. The Morgan fingerprint density at radius 1 is 0.900 bits per heavy atom. The Hall–Kier alpha value is -0.520. The van der Waals surface area contributed by atoms with Gasteiger partial charge in [0.25, 0.3) is 0 Å². The fourth-order valence-corrected chi connectivity index (χ4v) is 3.96. The molecule has 2 N–H and O–H groups in total. The van der Waals surface area contributed by atoms with Gasteiger partial charge in [0.2, 0.25) is 0 Å². The van der Waals surface area contributed by atoms with Crippen LogP contribution in [-0.2, 0) is 14.2 Å². The standard InChI is InChI=1S/C24H48ClNO4/c1-4-5-6-7-8-9-10-11-12-13-14-15-16-17-18-29-20-22(2)19-24(25,28-3)21-30-23(26)27/h22H,4-21H2,1-3H3,(H2,26,27). The van der Waals surface area contributed by atoms with Crippen molar-refractivity contribution in [2.45, 2.75) is 115 Å². The van der Waals surface area contributed by atoms with E-state index < -0.39 is 11.2 Å². The van der Waals surface area contributed by atoms with Gasteiger partial charge in [-0.15, -0.1) is 0 Å². The van der Waals surface area contributed by atoms with E-state index in [9.17, 15) is 4.79 Å². The molecule has 5 nitrogen and oxygen atoms in total. The number of unbranched alkanes of at least 4 members (excludes halogenated alkanes) is 13. The molecule has 6 heteroatoms. The second kappa shape index (κ2) is 20.4. The lowest BCUT2D eigenvalue weighted by molar-refractivity contribution is -0.0173. The van der Waals surface area contributed by atoms with Gasteiger partial charge in [0, 0.05) is 20.3 Å². The van der Waals surface area contributed by atoms with Crippen LogP contribution in [0.2, 0.25) is 0 Å². The van der Waals surface area contributed by atoms with Gasteiger partial charge in [-0.2, -0.15) is 0 Å². The van der Waals surface area contributed by atoms with E-state index in [1.54, 1.807) is 0 Å². The van der Waals surface area contributed by atoms with Gasteiger partial charge in [0.05, 0.1) is 0 Å². The molecule has 0 aliphatic heterocycles. The lowest BCUT2D eigenvalue weighted by Crippen LogP contribution is -2.35. The highest BCUT2D eigenvalue weighted by atomic mass is 35.5. The molecule has 30 heavy (non-hydrogen) atoms. The minimum Gasteiger partial charge on any atom is -0.445 e. The van der Waals surface area contributed by atoms with E-state index in [4.69, 9.17) is 31.5 Å². The first-order chi connectivity index (χ1) is 14.4. The van der Waals surface area contributed by atoms with Crippen molar-refractivity contribution in [1.29, 1.82) is 0 Å². The zero-order chi connectivity index (χ0) is 22.5. The van der Waals surface area contributed by atoms with Crippen molar-refractivity contribution < 1.29 is 19.0 Å². The molecule has 0 saturated heterocycles. The van der Waals surface area contributed by atoms with Crippen LogP contribution in [0.25, 0.3) is 0 Å². The molecule has 0 heterocycles. The predicted octanol–water partition coefficient (Wildman–Crippen LogP) is 7.19. The number of alkyl halides is 1. The third-order valence-corrected chi connectivity index (χ3v) is 5.91. The molecule has 0 aromatic rings. The second-order valence-electron chi connectivity index (χ2n) is 8.68. The summed E-state index contributed by atoms with van der Waals surface area (Å²) in [5, 5.41) is -1.05. The van der Waals surface area contributed by atoms with Gasteiger partial charge in [-0.3, -0.25) is 0 Å². The molecule has 0 fully saturated rings. The third-order valence-electron chi connectivity index (χ3n) is 5.49. The summed E-state index contributed by atoms with van der Waals surface area (Å²) >= 11 is 6.33. The first-order valence-corrected chi connectivity index (χ1v) is 12.6. The number of halogens is 1. The number of amides is 1. The zero-order valence-corrected chi connectivity index (χ0v) is 20.6. The minimum atomic E-state index is -1.05. The Morgan fingerprint density at radius 3 is 1.80 bits per heavy atom. The molecule has 0 aromatic heterocycles. The molecule has 0 rings (SSSR count). The average molecular weight is 450 g/mol. The number of carbonyl (C=O) groups excluding carboxylic acids is 1. The van der Waals surface area contributed by atoms with E-state index >= 15 is 0 Å². The summed E-state index contributed by atoms with van der Waals surface area (Å²) in [7, 11) is 1.50. The van der Waals surface area contributed by atoms with Gasteiger partial charge in [-0.25, -0.2) is 4.79 Å².